The van der Waals surface area contributed by atoms with Gasteiger partial charge < -0.3 is 13.9 Å². The zero-order chi connectivity index (χ0) is 19.0. The number of nitrogens with zero attached hydrogens (tertiary/aromatic N) is 3. The minimum Gasteiger partial charge on any atom is -0.361 e. The monoisotopic (exact) mass is 369 g/mol. The fourth-order valence-electron chi connectivity index (χ4n) is 3.73. The van der Waals surface area contributed by atoms with Gasteiger partial charge in [-0.2, -0.15) is 0 Å². The highest BCUT2D eigenvalue weighted by Crippen LogP contribution is 2.37. The van der Waals surface area contributed by atoms with Crippen molar-refractivity contribution in [2.24, 2.45) is 0 Å². The molecule has 2 aromatic heterocycles. The first-order valence-corrected chi connectivity index (χ1v) is 9.07. The molecule has 1 aromatic carbocycles. The summed E-state index contributed by atoms with van der Waals surface area (Å²) in [7, 11) is 0. The van der Waals surface area contributed by atoms with E-state index in [2.05, 4.69) is 10.3 Å². The molecule has 0 aliphatic carbocycles. The molecule has 1 amide bonds. The zero-order valence-corrected chi connectivity index (χ0v) is 15.2. The highest BCUT2D eigenvalue weighted by atomic mass is 19.1. The summed E-state index contributed by atoms with van der Waals surface area (Å²) in [6.07, 6.45) is 2.45. The molecule has 0 radical (unpaired) electrons. The molecular weight excluding hydrogens is 349 g/mol. The molecule has 0 bridgehead atoms. The molecular formula is C20H20FN3O3. The molecule has 7 heteroatoms. The molecule has 140 valence electrons. The van der Waals surface area contributed by atoms with Crippen LogP contribution in [0.25, 0.3) is 11.3 Å². The van der Waals surface area contributed by atoms with Crippen LogP contribution in [-0.4, -0.2) is 27.7 Å². The number of hydrogen-bond donors (Lipinski definition) is 0. The van der Waals surface area contributed by atoms with Gasteiger partial charge in [0.15, 0.2) is 0 Å². The Kier molecular flexibility index (Phi) is 4.51. The minimum atomic E-state index is -0.406. The van der Waals surface area contributed by atoms with Crippen molar-refractivity contribution in [2.75, 3.05) is 6.54 Å². The van der Waals surface area contributed by atoms with Gasteiger partial charge in [-0.25, -0.2) is 4.39 Å². The summed E-state index contributed by atoms with van der Waals surface area (Å²) in [5, 5.41) is 7.95. The van der Waals surface area contributed by atoms with Gasteiger partial charge in [0.2, 0.25) is 5.76 Å². The standard InChI is InChI=1S/C20H20FN3O3/c1-3-17-19(12(2)22-26-17)16-9-6-10-24(16)20(25)18-11-15(23-27-18)13-7-4-5-8-14(13)21/h4-5,7-8,11,16H,3,6,9-10H2,1-2H3. The molecule has 1 fully saturated rings. The third kappa shape index (κ3) is 3.03. The molecule has 1 atom stereocenters. The predicted molar refractivity (Wildman–Crippen MR) is 95.5 cm³/mol. The summed E-state index contributed by atoms with van der Waals surface area (Å²) in [4.78, 5) is 14.8. The molecule has 0 spiro atoms. The van der Waals surface area contributed by atoms with E-state index in [-0.39, 0.29) is 17.7 Å². The average molecular weight is 369 g/mol. The molecule has 6 nitrogen and oxygen atoms in total. The van der Waals surface area contributed by atoms with Crippen LogP contribution in [0.15, 0.2) is 39.4 Å². The fraction of sp³-hybridized carbons (Fsp3) is 0.350. The van der Waals surface area contributed by atoms with Gasteiger partial charge in [0.25, 0.3) is 5.91 Å². The molecule has 3 heterocycles. The lowest BCUT2D eigenvalue weighted by molar-refractivity contribution is 0.0692. The number of carbonyl (C=O) groups is 1. The molecule has 4 rings (SSSR count). The maximum Gasteiger partial charge on any atom is 0.293 e. The number of carbonyl (C=O) groups excluding carboxylic acids is 1. The van der Waals surface area contributed by atoms with Crippen LogP contribution >= 0.6 is 0 Å². The molecule has 0 saturated carbocycles. The predicted octanol–water partition coefficient (Wildman–Crippen LogP) is 4.32. The van der Waals surface area contributed by atoms with Crippen LogP contribution in [-0.2, 0) is 6.42 Å². The van der Waals surface area contributed by atoms with E-state index in [4.69, 9.17) is 9.05 Å². The van der Waals surface area contributed by atoms with Crippen LogP contribution < -0.4 is 0 Å². The number of halogens is 1. The summed E-state index contributed by atoms with van der Waals surface area (Å²) in [5.41, 5.74) is 2.40. The summed E-state index contributed by atoms with van der Waals surface area (Å²) in [6.45, 7) is 4.51. The Labute approximate surface area is 155 Å². The topological polar surface area (TPSA) is 72.4 Å². The van der Waals surface area contributed by atoms with Crippen LogP contribution in [0.2, 0.25) is 0 Å². The molecule has 1 aliphatic rings. The number of rotatable bonds is 4. The Morgan fingerprint density at radius 2 is 2.11 bits per heavy atom. The largest absolute Gasteiger partial charge is 0.361 e. The maximum absolute atomic E-state index is 14.0. The first kappa shape index (κ1) is 17.5. The first-order valence-electron chi connectivity index (χ1n) is 9.07. The Morgan fingerprint density at radius 3 is 2.89 bits per heavy atom. The van der Waals surface area contributed by atoms with Crippen molar-refractivity contribution in [1.82, 2.24) is 15.2 Å². The Bertz CT molecular complexity index is 979. The van der Waals surface area contributed by atoms with Gasteiger partial charge in [-0.3, -0.25) is 4.79 Å². The zero-order valence-electron chi connectivity index (χ0n) is 15.2. The number of aryl methyl sites for hydroxylation is 2. The van der Waals surface area contributed by atoms with Crippen LogP contribution in [0.4, 0.5) is 4.39 Å². The SMILES string of the molecule is CCc1onc(C)c1C1CCCN1C(=O)c1cc(-c2ccccc2F)no1. The molecule has 1 aliphatic heterocycles. The van der Waals surface area contributed by atoms with Crippen LogP contribution in [0.5, 0.6) is 0 Å². The third-order valence-electron chi connectivity index (χ3n) is 5.02. The van der Waals surface area contributed by atoms with Gasteiger partial charge >= 0.3 is 0 Å². The summed E-state index contributed by atoms with van der Waals surface area (Å²) in [6, 6.07) is 7.67. The number of aromatic nitrogens is 2. The number of benzene rings is 1. The smallest absolute Gasteiger partial charge is 0.293 e. The van der Waals surface area contributed by atoms with E-state index in [9.17, 15) is 9.18 Å². The van der Waals surface area contributed by atoms with E-state index < -0.39 is 5.82 Å². The van der Waals surface area contributed by atoms with Crippen molar-refractivity contribution < 1.29 is 18.2 Å². The van der Waals surface area contributed by atoms with E-state index in [1.54, 1.807) is 23.1 Å². The van der Waals surface area contributed by atoms with E-state index in [1.165, 1.54) is 12.1 Å². The van der Waals surface area contributed by atoms with Gasteiger partial charge in [-0.05, 0) is 31.9 Å². The number of hydrogen-bond acceptors (Lipinski definition) is 5. The summed E-state index contributed by atoms with van der Waals surface area (Å²) < 4.78 is 24.6. The van der Waals surface area contributed by atoms with Gasteiger partial charge in [0, 0.05) is 30.2 Å². The number of likely N-dealkylation sites (tertiary alicyclic amines) is 1. The van der Waals surface area contributed by atoms with Crippen molar-refractivity contribution in [1.29, 1.82) is 0 Å². The van der Waals surface area contributed by atoms with Crippen molar-refractivity contribution in [3.05, 3.63) is 58.9 Å². The Morgan fingerprint density at radius 1 is 1.30 bits per heavy atom. The van der Waals surface area contributed by atoms with E-state index in [0.717, 1.165) is 29.9 Å². The van der Waals surface area contributed by atoms with Crippen LogP contribution in [0.3, 0.4) is 0 Å². The second-order valence-electron chi connectivity index (χ2n) is 6.67. The highest BCUT2D eigenvalue weighted by Gasteiger charge is 2.36. The van der Waals surface area contributed by atoms with Crippen molar-refractivity contribution in [2.45, 2.75) is 39.2 Å². The van der Waals surface area contributed by atoms with Crippen LogP contribution in [0, 0.1) is 12.7 Å². The second kappa shape index (κ2) is 6.98. The second-order valence-corrected chi connectivity index (χ2v) is 6.67. The fourth-order valence-corrected chi connectivity index (χ4v) is 3.73. The van der Waals surface area contributed by atoms with Gasteiger partial charge in [0.05, 0.1) is 11.7 Å². The van der Waals surface area contributed by atoms with Crippen molar-refractivity contribution in [3.8, 4) is 11.3 Å². The summed E-state index contributed by atoms with van der Waals surface area (Å²) in [5.74, 6) is 0.251. The van der Waals surface area contributed by atoms with Crippen LogP contribution in [0.1, 0.15) is 53.4 Å². The van der Waals surface area contributed by atoms with Crippen molar-refractivity contribution in [3.63, 3.8) is 0 Å². The number of amides is 1. The molecule has 27 heavy (non-hydrogen) atoms. The Hall–Kier alpha value is -2.96. The van der Waals surface area contributed by atoms with E-state index in [1.807, 2.05) is 13.8 Å². The molecule has 0 N–H and O–H groups in total. The normalized spacial score (nSPS) is 16.9. The molecule has 1 saturated heterocycles. The summed E-state index contributed by atoms with van der Waals surface area (Å²) >= 11 is 0. The van der Waals surface area contributed by atoms with E-state index in [0.29, 0.717) is 24.2 Å². The minimum absolute atomic E-state index is 0.0966. The quantitative estimate of drug-likeness (QED) is 0.685. The van der Waals surface area contributed by atoms with E-state index >= 15 is 0 Å². The lowest BCUT2D eigenvalue weighted by Gasteiger charge is -2.23. The maximum atomic E-state index is 14.0. The van der Waals surface area contributed by atoms with Gasteiger partial charge in [-0.15, -0.1) is 0 Å². The van der Waals surface area contributed by atoms with Gasteiger partial charge in [-0.1, -0.05) is 29.4 Å². The average Bonchev–Trinajstić information content (AvgIpc) is 3.40. The third-order valence-corrected chi connectivity index (χ3v) is 5.02. The Balaban J connectivity index is 1.63. The van der Waals surface area contributed by atoms with Crippen molar-refractivity contribution >= 4 is 5.91 Å². The molecule has 1 unspecified atom stereocenters. The van der Waals surface area contributed by atoms with Gasteiger partial charge in [0.1, 0.15) is 17.3 Å². The lowest BCUT2D eigenvalue weighted by Crippen LogP contribution is -2.30. The highest BCUT2D eigenvalue weighted by molar-refractivity contribution is 5.93. The lowest BCUT2D eigenvalue weighted by atomic mass is 10.0. The first-order chi connectivity index (χ1) is 13.1. The molecule has 3 aromatic rings.